The summed E-state index contributed by atoms with van der Waals surface area (Å²) < 4.78 is 113. The summed E-state index contributed by atoms with van der Waals surface area (Å²) in [5.41, 5.74) is 23.6. The fourth-order valence-corrected chi connectivity index (χ4v) is 13.3. The van der Waals surface area contributed by atoms with Gasteiger partial charge in [0, 0.05) is 82.5 Å². The fourth-order valence-electron chi connectivity index (χ4n) is 9.75. The Labute approximate surface area is 604 Å². The quantitative estimate of drug-likeness (QED) is 0.00372. The van der Waals surface area contributed by atoms with Gasteiger partial charge in [0.05, 0.1) is 30.6 Å². The van der Waals surface area contributed by atoms with E-state index in [1.807, 2.05) is 0 Å². The van der Waals surface area contributed by atoms with Crippen LogP contribution in [0.2, 0.25) is 0 Å². The molecule has 7 atom stereocenters. The first-order chi connectivity index (χ1) is 50.9. The molecule has 42 nitrogen and oxygen atoms in total. The Balaban J connectivity index is 0.774. The average Bonchev–Trinajstić information content (AvgIpc) is 1.54. The maximum atomic E-state index is 13.9. The third-order valence-electron chi connectivity index (χ3n) is 14.7. The number of aromatic nitrogens is 3. The number of rotatable bonds is 38. The zero-order valence-corrected chi connectivity index (χ0v) is 59.1. The first-order valence-corrected chi connectivity index (χ1v) is 37.7. The van der Waals surface area contributed by atoms with Crippen LogP contribution < -0.4 is 53.7 Å². The molecule has 4 heterocycles. The van der Waals surface area contributed by atoms with Crippen molar-refractivity contribution in [3.63, 3.8) is 0 Å². The van der Waals surface area contributed by atoms with Gasteiger partial charge in [-0.25, -0.2) is 28.3 Å². The number of nitrogens with two attached hydrogens (primary N) is 1. The molecular weight excluding hydrogens is 1500 g/mol. The minimum Gasteiger partial charge on any atom is -0.491 e. The normalized spacial score (nSPS) is 17.9. The molecule has 0 bridgehead atoms. The van der Waals surface area contributed by atoms with Crippen molar-refractivity contribution in [3.8, 4) is 29.0 Å². The number of benzene rings is 3. The molecule has 1 fully saturated rings. The summed E-state index contributed by atoms with van der Waals surface area (Å²) in [4.78, 5) is 143. The zero-order valence-electron chi connectivity index (χ0n) is 55.6. The highest BCUT2D eigenvalue weighted by Gasteiger charge is 2.44. The number of allylic oxidation sites excluding steroid dienone is 6. The highest BCUT2D eigenvalue weighted by Crippen LogP contribution is 2.66. The summed E-state index contributed by atoms with van der Waals surface area (Å²) in [7, 11) is -21.3. The number of fused-ring (bicyclic) bond motifs is 2. The SMILES string of the molecule is [N-]=[N+]=NCOC1CC(n2cc(C#CCNC(=O)COC(COc3cccc(C(=O)NCCCCCNC(=O)C(CNC(=O)C4=C/C=C\C=C/C=C\4)NC(=O)c4ccc5oc(-c6cc7ccc(NCCCS(=O)(=O)O)cc7oc6=O)nc5c4)c3)N=[N+]=[N-])c(N)nc2=O)OC1COP(=O)(O)OP(=O)(O)OP(=O)(O)O. The predicted molar refractivity (Wildman–Crippen MR) is 375 cm³/mol. The lowest BCUT2D eigenvalue weighted by Crippen LogP contribution is -2.52. The van der Waals surface area contributed by atoms with Crippen LogP contribution in [0.5, 0.6) is 5.75 Å². The number of oxazole rings is 1. The molecule has 1 aliphatic heterocycles. The molecule has 107 heavy (non-hydrogen) atoms. The van der Waals surface area contributed by atoms with Crippen LogP contribution in [0.4, 0.5) is 11.5 Å². The van der Waals surface area contributed by atoms with Gasteiger partial charge in [-0.1, -0.05) is 58.5 Å². The lowest BCUT2D eigenvalue weighted by Gasteiger charge is -2.21. The monoisotopic (exact) mass is 1560 g/mol. The van der Waals surface area contributed by atoms with Crippen molar-refractivity contribution in [3.05, 3.63) is 180 Å². The number of hydrogen-bond donors (Lipinski definition) is 12. The molecule has 8 rings (SSSR count). The molecule has 1 aliphatic carbocycles. The van der Waals surface area contributed by atoms with Gasteiger partial charge in [0.2, 0.25) is 17.7 Å². The summed E-state index contributed by atoms with van der Waals surface area (Å²) in [5, 5.41) is 23.7. The number of anilines is 2. The van der Waals surface area contributed by atoms with E-state index in [1.54, 1.807) is 60.7 Å². The number of nitrogen functional groups attached to an aromatic ring is 1. The maximum Gasteiger partial charge on any atom is 0.490 e. The number of azide groups is 2. The largest absolute Gasteiger partial charge is 0.491 e. The van der Waals surface area contributed by atoms with E-state index in [0.717, 1.165) is 10.8 Å². The lowest BCUT2D eigenvalue weighted by molar-refractivity contribution is -0.128. The van der Waals surface area contributed by atoms with E-state index in [1.165, 1.54) is 48.5 Å². The van der Waals surface area contributed by atoms with Crippen molar-refractivity contribution in [2.45, 2.75) is 62.8 Å². The third kappa shape index (κ3) is 26.4. The smallest absolute Gasteiger partial charge is 0.490 e. The van der Waals surface area contributed by atoms with Crippen molar-refractivity contribution < 1.29 is 111 Å². The van der Waals surface area contributed by atoms with E-state index in [4.69, 9.17) is 53.4 Å². The standard InChI is InChI=1S/C61H67N16O26P3S/c62-54-41(32-77(61(84)73-54)53-30-49(97-36-70-75-63)50(99-53)33-98-105(88,89)103-106(90,91)102-104(85,86)87)15-10-23-66-51(78)34-96-52(74-76-64)35-95-43-16-9-14-39(26-43)56(80)67-21-7-4-8-22-68-58(82)46(31-69-55(79)37-12-5-2-1-3-6-13-37)71-57(81)40-18-20-47-45(28-40)72-59(100-47)44-27-38-17-19-42(29-48(38)101-60(44)83)65-24-11-25-107(92,93)94/h1-3,5-6,9,12-14,16-20,26-29,32,46,49-50,52-53,65H,4,7-8,11,21-25,30-31,33-36H2,(H,66,78)(H,67,80)(H,68,82)(H,69,79)(H,71,81)(H,88,89)(H,90,91)(H2,62,73,84)(H2,85,86,87)(H,92,93,94)/b2-1-,3-1?,5-2?,6-3-,12-5-,13-6?,37-12?,37-13+. The predicted octanol–water partition coefficient (Wildman–Crippen LogP) is 4.45. The molecule has 0 spiro atoms. The van der Waals surface area contributed by atoms with Gasteiger partial charge in [-0.15, -0.1) is 0 Å². The number of nitrogens with zero attached hydrogens (tertiary/aromatic N) is 9. The van der Waals surface area contributed by atoms with Gasteiger partial charge in [0.1, 0.15) is 66.5 Å². The number of amides is 5. The second kappa shape index (κ2) is 38.5. The summed E-state index contributed by atoms with van der Waals surface area (Å²) >= 11 is 0. The van der Waals surface area contributed by atoms with Crippen LogP contribution in [0.1, 0.15) is 64.6 Å². The van der Waals surface area contributed by atoms with Crippen LogP contribution in [0, 0.1) is 11.8 Å². The maximum absolute atomic E-state index is 13.9. The van der Waals surface area contributed by atoms with Gasteiger partial charge < -0.3 is 85.0 Å². The van der Waals surface area contributed by atoms with E-state index >= 15 is 0 Å². The van der Waals surface area contributed by atoms with Crippen LogP contribution >= 0.6 is 23.5 Å². The molecule has 3 aromatic heterocycles. The minimum atomic E-state index is -5.88. The molecule has 0 radical (unpaired) electrons. The molecule has 2 aliphatic rings. The number of ether oxygens (including phenoxy) is 4. The van der Waals surface area contributed by atoms with Crippen LogP contribution in [0.3, 0.4) is 0 Å². The van der Waals surface area contributed by atoms with Gasteiger partial charge in [-0.05, 0) is 103 Å². The molecule has 6 aromatic rings. The van der Waals surface area contributed by atoms with Crippen LogP contribution in [-0.4, -0.2) is 166 Å². The Morgan fingerprint density at radius 3 is 2.35 bits per heavy atom. The number of phosphoric ester groups is 1. The Hall–Kier alpha value is -10.7. The van der Waals surface area contributed by atoms with Gasteiger partial charge >= 0.3 is 34.8 Å². The third-order valence-corrected chi connectivity index (χ3v) is 19.3. The van der Waals surface area contributed by atoms with E-state index in [9.17, 15) is 71.0 Å². The number of carbonyl (C=O) groups is 5. The Kier molecular flexibility index (Phi) is 29.5. The summed E-state index contributed by atoms with van der Waals surface area (Å²) in [6.07, 6.45) is 8.84. The molecule has 568 valence electrons. The second-order valence-electron chi connectivity index (χ2n) is 22.5. The molecule has 0 saturated carbocycles. The van der Waals surface area contributed by atoms with Gasteiger partial charge in [-0.3, -0.25) is 37.6 Å². The van der Waals surface area contributed by atoms with Crippen molar-refractivity contribution in [2.24, 2.45) is 10.2 Å². The van der Waals surface area contributed by atoms with Crippen molar-refractivity contribution >= 4 is 96.7 Å². The number of unbranched alkanes of at least 4 members (excludes halogenated alkanes) is 2. The van der Waals surface area contributed by atoms with Crippen LogP contribution in [0.25, 0.3) is 54.4 Å². The van der Waals surface area contributed by atoms with Crippen molar-refractivity contribution in [2.75, 3.05) is 76.1 Å². The molecular formula is C61H67N16O26P3S. The Bertz CT molecular complexity index is 5000. The number of carbonyl (C=O) groups excluding carboxylic acids is 5. The summed E-state index contributed by atoms with van der Waals surface area (Å²) in [6.45, 7) is -2.78. The Morgan fingerprint density at radius 1 is 0.813 bits per heavy atom. The van der Waals surface area contributed by atoms with Gasteiger partial charge in [0.15, 0.2) is 11.8 Å². The average molecular weight is 1570 g/mol. The highest BCUT2D eigenvalue weighted by atomic mass is 32.2. The van der Waals surface area contributed by atoms with Gasteiger partial charge in [-0.2, -0.15) is 22.0 Å². The van der Waals surface area contributed by atoms with Crippen LogP contribution in [0.15, 0.2) is 150 Å². The molecule has 1 saturated heterocycles. The first-order valence-electron chi connectivity index (χ1n) is 31.6. The zero-order chi connectivity index (χ0) is 77.3. The van der Waals surface area contributed by atoms with E-state index in [2.05, 4.69) is 86.9 Å². The summed E-state index contributed by atoms with van der Waals surface area (Å²) in [6, 6.07) is 15.4. The molecule has 46 heteroatoms. The summed E-state index contributed by atoms with van der Waals surface area (Å²) in [5.74, 6) is 1.42. The number of nitrogens with one attached hydrogen (secondary N) is 6. The highest BCUT2D eigenvalue weighted by molar-refractivity contribution is 7.85. The minimum absolute atomic E-state index is 0.0217. The first kappa shape index (κ1) is 82.0. The van der Waals surface area contributed by atoms with Gasteiger partial charge in [0.25, 0.3) is 27.8 Å². The molecule has 5 amide bonds. The van der Waals surface area contributed by atoms with Crippen molar-refractivity contribution in [1.29, 1.82) is 0 Å². The molecule has 13 N–H and O–H groups in total. The fraction of sp³-hybridized carbons (Fsp3) is 0.328. The van der Waals surface area contributed by atoms with E-state index < -0.39 is 137 Å². The Morgan fingerprint density at radius 2 is 1.58 bits per heavy atom. The second-order valence-corrected chi connectivity index (χ2v) is 28.5. The topological polar surface area (TPSA) is 623 Å². The lowest BCUT2D eigenvalue weighted by atomic mass is 10.1. The molecule has 3 aromatic carbocycles. The number of hydrogen-bond acceptors (Lipinski definition) is 27. The number of phosphoric acid groups is 3. The molecule has 7 unspecified atom stereocenters. The van der Waals surface area contributed by atoms with E-state index in [-0.39, 0.29) is 108 Å². The van der Waals surface area contributed by atoms with E-state index in [0.29, 0.717) is 30.3 Å². The van der Waals surface area contributed by atoms with Crippen molar-refractivity contribution in [1.82, 2.24) is 41.1 Å². The van der Waals surface area contributed by atoms with Crippen LogP contribution in [-0.2, 0) is 65.6 Å².